The summed E-state index contributed by atoms with van der Waals surface area (Å²) in [5.41, 5.74) is 0.512. The first-order chi connectivity index (χ1) is 14.9. The summed E-state index contributed by atoms with van der Waals surface area (Å²) in [4.78, 5) is 40.4. The molecule has 0 saturated carbocycles. The molecule has 1 amide bonds. The van der Waals surface area contributed by atoms with Gasteiger partial charge in [0.1, 0.15) is 11.2 Å². The molecule has 32 heavy (non-hydrogen) atoms. The average molecular weight is 463 g/mol. The zero-order valence-corrected chi connectivity index (χ0v) is 19.4. The van der Waals surface area contributed by atoms with Crippen LogP contribution in [0.25, 0.3) is 0 Å². The van der Waals surface area contributed by atoms with Gasteiger partial charge in [0.25, 0.3) is 5.91 Å². The Hall–Kier alpha value is -3.05. The lowest BCUT2D eigenvalue weighted by Crippen LogP contribution is -2.55. The molecule has 3 rings (SSSR count). The van der Waals surface area contributed by atoms with Crippen molar-refractivity contribution in [3.05, 3.63) is 44.4 Å². The lowest BCUT2D eigenvalue weighted by molar-refractivity contribution is -0.390. The number of fused-ring (bicyclic) bond motifs is 1. The van der Waals surface area contributed by atoms with Crippen LogP contribution in [0.15, 0.2) is 18.3 Å². The first-order valence-corrected chi connectivity index (χ1v) is 10.9. The Morgan fingerprint density at radius 1 is 1.34 bits per heavy atom. The third-order valence-electron chi connectivity index (χ3n) is 4.86. The molecule has 10 nitrogen and oxygen atoms in total. The second-order valence-corrected chi connectivity index (χ2v) is 9.58. The molecule has 172 valence electrons. The van der Waals surface area contributed by atoms with E-state index in [9.17, 15) is 19.7 Å². The Bertz CT molecular complexity index is 1060. The van der Waals surface area contributed by atoms with Crippen molar-refractivity contribution in [1.82, 2.24) is 10.3 Å². The minimum atomic E-state index is -0.684. The number of rotatable bonds is 7. The van der Waals surface area contributed by atoms with E-state index >= 15 is 0 Å². The van der Waals surface area contributed by atoms with Gasteiger partial charge in [0.05, 0.1) is 12.2 Å². The number of nitrogens with one attached hydrogen (secondary N) is 2. The van der Waals surface area contributed by atoms with Gasteiger partial charge in [0, 0.05) is 16.0 Å². The molecule has 11 heteroatoms. The van der Waals surface area contributed by atoms with Crippen LogP contribution in [0, 0.1) is 10.1 Å². The highest BCUT2D eigenvalue weighted by Gasteiger charge is 2.42. The summed E-state index contributed by atoms with van der Waals surface area (Å²) in [6.07, 6.45) is 1.86. The van der Waals surface area contributed by atoms with Gasteiger partial charge < -0.3 is 30.2 Å². The maximum absolute atomic E-state index is 12.8. The smallest absolute Gasteiger partial charge is 0.406 e. The van der Waals surface area contributed by atoms with Gasteiger partial charge in [-0.2, -0.15) is 0 Å². The monoisotopic (exact) mass is 462 g/mol. The van der Waals surface area contributed by atoms with Crippen molar-refractivity contribution in [2.75, 3.05) is 18.5 Å². The third-order valence-corrected chi connectivity index (χ3v) is 6.33. The van der Waals surface area contributed by atoms with Gasteiger partial charge in [-0.25, -0.2) is 4.79 Å². The van der Waals surface area contributed by atoms with Gasteiger partial charge in [-0.15, -0.1) is 11.3 Å². The highest BCUT2D eigenvalue weighted by atomic mass is 32.1. The van der Waals surface area contributed by atoms with E-state index in [4.69, 9.17) is 9.47 Å². The topological polar surface area (TPSA) is 133 Å². The van der Waals surface area contributed by atoms with Crippen molar-refractivity contribution in [2.45, 2.75) is 52.1 Å². The number of amides is 1. The molecule has 0 spiro atoms. The normalized spacial score (nSPS) is 16.0. The number of hydrogen-bond donors (Lipinski definition) is 2. The zero-order valence-electron chi connectivity index (χ0n) is 18.6. The Morgan fingerprint density at radius 3 is 2.72 bits per heavy atom. The first kappa shape index (κ1) is 23.6. The number of aromatic nitrogens is 1. The summed E-state index contributed by atoms with van der Waals surface area (Å²) in [6, 6.07) is 2.84. The second kappa shape index (κ2) is 8.83. The number of anilines is 1. The standard InChI is InChI=1S/C21H26N4O6S/c1-6-30-19(27)15-12-10-20(2,3)24-21(4,5)16(12)32-18(15)23-14(26)11-31-13-8-7-9-22-17(13)25(28)29/h7-9,24H,6,10-11H2,1-5H3,(H,23,26). The van der Waals surface area contributed by atoms with Crippen molar-refractivity contribution in [1.29, 1.82) is 0 Å². The van der Waals surface area contributed by atoms with Crippen LogP contribution in [0.5, 0.6) is 5.75 Å². The maximum atomic E-state index is 12.8. The molecule has 1 aliphatic heterocycles. The van der Waals surface area contributed by atoms with Gasteiger partial charge in [-0.1, -0.05) is 0 Å². The van der Waals surface area contributed by atoms with Crippen LogP contribution >= 0.6 is 11.3 Å². The zero-order chi connectivity index (χ0) is 23.7. The average Bonchev–Trinajstić information content (AvgIpc) is 3.03. The summed E-state index contributed by atoms with van der Waals surface area (Å²) in [7, 11) is 0. The highest BCUT2D eigenvalue weighted by molar-refractivity contribution is 7.17. The van der Waals surface area contributed by atoms with Crippen molar-refractivity contribution in [3.63, 3.8) is 0 Å². The molecule has 0 aliphatic carbocycles. The van der Waals surface area contributed by atoms with E-state index in [0.29, 0.717) is 17.0 Å². The summed E-state index contributed by atoms with van der Waals surface area (Å²) < 4.78 is 10.6. The fourth-order valence-corrected chi connectivity index (χ4v) is 5.25. The van der Waals surface area contributed by atoms with Crippen LogP contribution in [0.1, 0.15) is 55.4 Å². The van der Waals surface area contributed by atoms with Gasteiger partial charge in [-0.3, -0.25) is 4.79 Å². The third kappa shape index (κ3) is 4.89. The lowest BCUT2D eigenvalue weighted by Gasteiger charge is -2.42. The molecule has 2 N–H and O–H groups in total. The van der Waals surface area contributed by atoms with E-state index in [1.165, 1.54) is 29.7 Å². The van der Waals surface area contributed by atoms with E-state index in [1.807, 2.05) is 13.8 Å². The molecule has 0 fully saturated rings. The van der Waals surface area contributed by atoms with Gasteiger partial charge in [-0.05, 0) is 68.6 Å². The van der Waals surface area contributed by atoms with Crippen LogP contribution in [-0.4, -0.2) is 40.5 Å². The molecular weight excluding hydrogens is 436 g/mol. The lowest BCUT2D eigenvalue weighted by atomic mass is 9.81. The number of esters is 1. The minimum Gasteiger partial charge on any atom is -0.476 e. The number of carbonyl (C=O) groups excluding carboxylic acids is 2. The molecule has 1 aliphatic rings. The molecule has 0 saturated heterocycles. The molecule has 0 aromatic carbocycles. The number of pyridine rings is 1. The Kier molecular flexibility index (Phi) is 6.51. The SMILES string of the molecule is CCOC(=O)c1c(NC(=O)COc2cccnc2[N+](=O)[O-])sc2c1CC(C)(C)NC2(C)C. The van der Waals surface area contributed by atoms with Crippen molar-refractivity contribution in [2.24, 2.45) is 0 Å². The van der Waals surface area contributed by atoms with E-state index < -0.39 is 34.8 Å². The fraction of sp³-hybridized carbons (Fsp3) is 0.476. The number of hydrogen-bond acceptors (Lipinski definition) is 9. The van der Waals surface area contributed by atoms with E-state index in [2.05, 4.69) is 29.5 Å². The van der Waals surface area contributed by atoms with Crippen molar-refractivity contribution >= 4 is 34.0 Å². The summed E-state index contributed by atoms with van der Waals surface area (Å²) in [5, 5.41) is 17.7. The summed E-state index contributed by atoms with van der Waals surface area (Å²) in [6.45, 7) is 9.59. The van der Waals surface area contributed by atoms with Crippen molar-refractivity contribution < 1.29 is 24.0 Å². The highest BCUT2D eigenvalue weighted by Crippen LogP contribution is 2.45. The number of thiophene rings is 1. The number of carbonyl (C=O) groups is 2. The molecule has 0 bridgehead atoms. The van der Waals surface area contributed by atoms with Gasteiger partial charge in [0.2, 0.25) is 5.75 Å². The van der Waals surface area contributed by atoms with Crippen LogP contribution < -0.4 is 15.4 Å². The second-order valence-electron chi connectivity index (χ2n) is 8.56. The summed E-state index contributed by atoms with van der Waals surface area (Å²) in [5.74, 6) is -1.65. The number of ether oxygens (including phenoxy) is 2. The van der Waals surface area contributed by atoms with Gasteiger partial charge in [0.15, 0.2) is 6.61 Å². The largest absolute Gasteiger partial charge is 0.476 e. The van der Waals surface area contributed by atoms with E-state index in [0.717, 1.165) is 10.4 Å². The van der Waals surface area contributed by atoms with E-state index in [-0.39, 0.29) is 17.9 Å². The van der Waals surface area contributed by atoms with Crippen LogP contribution in [0.2, 0.25) is 0 Å². The number of nitro groups is 1. The first-order valence-electron chi connectivity index (χ1n) is 10.1. The maximum Gasteiger partial charge on any atom is 0.406 e. The predicted octanol–water partition coefficient (Wildman–Crippen LogP) is 3.40. The number of nitrogens with zero attached hydrogens (tertiary/aromatic N) is 2. The Labute approximate surface area is 189 Å². The molecule has 0 unspecified atom stereocenters. The minimum absolute atomic E-state index is 0.115. The van der Waals surface area contributed by atoms with Crippen LogP contribution in [-0.2, 0) is 21.5 Å². The Balaban J connectivity index is 1.88. The van der Waals surface area contributed by atoms with E-state index in [1.54, 1.807) is 6.92 Å². The van der Waals surface area contributed by atoms with Gasteiger partial charge >= 0.3 is 11.8 Å². The van der Waals surface area contributed by atoms with Crippen molar-refractivity contribution in [3.8, 4) is 5.75 Å². The summed E-state index contributed by atoms with van der Waals surface area (Å²) >= 11 is 1.31. The Morgan fingerprint density at radius 2 is 2.06 bits per heavy atom. The van der Waals surface area contributed by atoms with Crippen LogP contribution in [0.3, 0.4) is 0 Å². The molecule has 3 heterocycles. The fourth-order valence-electron chi connectivity index (χ4n) is 3.97. The van der Waals surface area contributed by atoms with Crippen LogP contribution in [0.4, 0.5) is 10.8 Å². The molecule has 2 aromatic heterocycles. The molecule has 0 atom stereocenters. The molecule has 0 radical (unpaired) electrons. The quantitative estimate of drug-likeness (QED) is 0.363. The molecule has 2 aromatic rings. The predicted molar refractivity (Wildman–Crippen MR) is 119 cm³/mol. The molecular formula is C21H26N4O6S.